The van der Waals surface area contributed by atoms with Crippen LogP contribution in [0, 0.1) is 17.5 Å². The van der Waals surface area contributed by atoms with Gasteiger partial charge < -0.3 is 4.74 Å². The molecule has 1 amide bonds. The third-order valence-electron chi connectivity index (χ3n) is 2.19. The number of ether oxygens (including phenoxy) is 1. The van der Waals surface area contributed by atoms with Gasteiger partial charge in [0.15, 0.2) is 17.5 Å². The van der Waals surface area contributed by atoms with Crippen LogP contribution in [-0.4, -0.2) is 6.09 Å². The quantitative estimate of drug-likeness (QED) is 0.842. The van der Waals surface area contributed by atoms with Crippen molar-refractivity contribution in [3.05, 3.63) is 59.9 Å². The van der Waals surface area contributed by atoms with Gasteiger partial charge >= 0.3 is 6.09 Å². The molecule has 0 aliphatic rings. The van der Waals surface area contributed by atoms with Crippen molar-refractivity contribution in [3.8, 4) is 5.75 Å². The summed E-state index contributed by atoms with van der Waals surface area (Å²) in [7, 11) is 0. The van der Waals surface area contributed by atoms with Gasteiger partial charge in [0.05, 0.1) is 0 Å². The smallest absolute Gasteiger partial charge is 0.410 e. The first-order valence-electron chi connectivity index (χ1n) is 5.24. The van der Waals surface area contributed by atoms with E-state index in [4.69, 9.17) is 0 Å². The molecule has 0 saturated heterocycles. The van der Waals surface area contributed by atoms with E-state index in [0.29, 0.717) is 17.8 Å². The van der Waals surface area contributed by atoms with Gasteiger partial charge in [0.1, 0.15) is 5.75 Å². The number of halogens is 3. The third kappa shape index (κ3) is 3.25. The van der Waals surface area contributed by atoms with E-state index in [-0.39, 0.29) is 0 Å². The minimum Gasteiger partial charge on any atom is -0.410 e. The average molecular weight is 267 g/mol. The second-order valence-corrected chi connectivity index (χ2v) is 3.58. The van der Waals surface area contributed by atoms with Crippen LogP contribution in [0.3, 0.4) is 0 Å². The van der Waals surface area contributed by atoms with Crippen molar-refractivity contribution in [2.75, 3.05) is 5.32 Å². The number of benzene rings is 2. The lowest BCUT2D eigenvalue weighted by atomic mass is 10.3. The Morgan fingerprint density at radius 1 is 1.00 bits per heavy atom. The van der Waals surface area contributed by atoms with Gasteiger partial charge in [0.2, 0.25) is 0 Å². The Balaban J connectivity index is 2.07. The van der Waals surface area contributed by atoms with Gasteiger partial charge in [0.25, 0.3) is 0 Å². The zero-order chi connectivity index (χ0) is 13.8. The first-order valence-corrected chi connectivity index (χ1v) is 5.24. The van der Waals surface area contributed by atoms with E-state index in [2.05, 4.69) is 10.1 Å². The molecule has 0 spiro atoms. The molecule has 6 heteroatoms. The highest BCUT2D eigenvalue weighted by molar-refractivity contribution is 5.86. The van der Waals surface area contributed by atoms with Gasteiger partial charge in [0, 0.05) is 17.8 Å². The summed E-state index contributed by atoms with van der Waals surface area (Å²) in [6, 6.07) is 9.51. The second kappa shape index (κ2) is 5.43. The van der Waals surface area contributed by atoms with Crippen LogP contribution in [-0.2, 0) is 0 Å². The molecule has 0 heterocycles. The van der Waals surface area contributed by atoms with E-state index in [1.165, 1.54) is 0 Å². The average Bonchev–Trinajstić information content (AvgIpc) is 2.37. The first kappa shape index (κ1) is 12.9. The van der Waals surface area contributed by atoms with Gasteiger partial charge in [-0.05, 0) is 12.1 Å². The lowest BCUT2D eigenvalue weighted by Gasteiger charge is -2.07. The number of anilines is 1. The molecule has 0 bridgehead atoms. The fourth-order valence-corrected chi connectivity index (χ4v) is 1.36. The van der Waals surface area contributed by atoms with E-state index in [0.717, 1.165) is 0 Å². The van der Waals surface area contributed by atoms with E-state index >= 15 is 0 Å². The molecule has 0 radical (unpaired) electrons. The molecular weight excluding hydrogens is 259 g/mol. The van der Waals surface area contributed by atoms with Gasteiger partial charge in [-0.3, -0.25) is 5.32 Å². The summed E-state index contributed by atoms with van der Waals surface area (Å²) in [4.78, 5) is 11.4. The number of hydrogen-bond donors (Lipinski definition) is 1. The Hall–Kier alpha value is -2.50. The lowest BCUT2D eigenvalue weighted by Crippen LogP contribution is -2.17. The standard InChI is InChI=1S/C13H8F3NO2/c14-10-6-9(7-11(15)12(10)16)19-13(18)17-8-4-2-1-3-5-8/h1-7H,(H,17,18). The van der Waals surface area contributed by atoms with Crippen molar-refractivity contribution >= 4 is 11.8 Å². The second-order valence-electron chi connectivity index (χ2n) is 3.58. The molecule has 19 heavy (non-hydrogen) atoms. The molecule has 1 N–H and O–H groups in total. The zero-order valence-corrected chi connectivity index (χ0v) is 9.49. The minimum atomic E-state index is -1.61. The van der Waals surface area contributed by atoms with E-state index < -0.39 is 29.3 Å². The Labute approximate surface area is 106 Å². The molecule has 0 atom stereocenters. The third-order valence-corrected chi connectivity index (χ3v) is 2.19. The number of hydrogen-bond acceptors (Lipinski definition) is 2. The summed E-state index contributed by atoms with van der Waals surface area (Å²) in [5, 5.41) is 2.34. The summed E-state index contributed by atoms with van der Waals surface area (Å²) in [5.74, 6) is -4.90. The first-order chi connectivity index (χ1) is 9.06. The van der Waals surface area contributed by atoms with Gasteiger partial charge in [-0.1, -0.05) is 18.2 Å². The van der Waals surface area contributed by atoms with Crippen LogP contribution in [0.5, 0.6) is 5.75 Å². The normalized spacial score (nSPS) is 10.1. The molecule has 3 nitrogen and oxygen atoms in total. The van der Waals surface area contributed by atoms with Crippen LogP contribution >= 0.6 is 0 Å². The molecule has 0 fully saturated rings. The van der Waals surface area contributed by atoms with Gasteiger partial charge in [-0.2, -0.15) is 0 Å². The molecule has 2 rings (SSSR count). The minimum absolute atomic E-state index is 0.426. The van der Waals surface area contributed by atoms with Gasteiger partial charge in [-0.25, -0.2) is 18.0 Å². The van der Waals surface area contributed by atoms with E-state index in [1.807, 2.05) is 0 Å². The Bertz CT molecular complexity index is 579. The highest BCUT2D eigenvalue weighted by Crippen LogP contribution is 2.19. The summed E-state index contributed by atoms with van der Waals surface area (Å²) < 4.78 is 43.1. The topological polar surface area (TPSA) is 38.3 Å². The Kier molecular flexibility index (Phi) is 3.70. The van der Waals surface area contributed by atoms with Crippen LogP contribution in [0.15, 0.2) is 42.5 Å². The van der Waals surface area contributed by atoms with Crippen molar-refractivity contribution in [1.82, 2.24) is 0 Å². The van der Waals surface area contributed by atoms with E-state index in [9.17, 15) is 18.0 Å². The zero-order valence-electron chi connectivity index (χ0n) is 9.49. The maximum atomic E-state index is 12.9. The summed E-state index contributed by atoms with van der Waals surface area (Å²) >= 11 is 0. The van der Waals surface area contributed by atoms with Crippen LogP contribution in [0.25, 0.3) is 0 Å². The SMILES string of the molecule is O=C(Nc1ccccc1)Oc1cc(F)c(F)c(F)c1. The van der Waals surface area contributed by atoms with Crippen LogP contribution in [0.1, 0.15) is 0 Å². The van der Waals surface area contributed by atoms with Crippen molar-refractivity contribution in [1.29, 1.82) is 0 Å². The fourth-order valence-electron chi connectivity index (χ4n) is 1.36. The van der Waals surface area contributed by atoms with Crippen molar-refractivity contribution in [2.24, 2.45) is 0 Å². The number of para-hydroxylation sites is 1. The summed E-state index contributed by atoms with van der Waals surface area (Å²) in [5.41, 5.74) is 0.454. The number of nitrogens with one attached hydrogen (secondary N) is 1. The van der Waals surface area contributed by atoms with Crippen LogP contribution in [0.2, 0.25) is 0 Å². The van der Waals surface area contributed by atoms with Crippen LogP contribution < -0.4 is 10.1 Å². The highest BCUT2D eigenvalue weighted by Gasteiger charge is 2.13. The Morgan fingerprint density at radius 3 is 2.16 bits per heavy atom. The van der Waals surface area contributed by atoms with E-state index in [1.54, 1.807) is 30.3 Å². The highest BCUT2D eigenvalue weighted by atomic mass is 19.2. The lowest BCUT2D eigenvalue weighted by molar-refractivity contribution is 0.214. The van der Waals surface area contributed by atoms with Crippen LogP contribution in [0.4, 0.5) is 23.7 Å². The molecule has 2 aromatic rings. The molecule has 0 aliphatic carbocycles. The molecule has 0 saturated carbocycles. The number of rotatable bonds is 2. The van der Waals surface area contributed by atoms with Crippen molar-refractivity contribution in [3.63, 3.8) is 0 Å². The predicted octanol–water partition coefficient (Wildman–Crippen LogP) is 3.71. The number of carbonyl (C=O) groups excluding carboxylic acids is 1. The molecule has 0 unspecified atom stereocenters. The number of amides is 1. The molecule has 0 aliphatic heterocycles. The maximum Gasteiger partial charge on any atom is 0.417 e. The monoisotopic (exact) mass is 267 g/mol. The molecular formula is C13H8F3NO2. The molecule has 0 aromatic heterocycles. The predicted molar refractivity (Wildman–Crippen MR) is 62.4 cm³/mol. The Morgan fingerprint density at radius 2 is 1.58 bits per heavy atom. The largest absolute Gasteiger partial charge is 0.417 e. The summed E-state index contributed by atoms with van der Waals surface area (Å²) in [6.07, 6.45) is -0.934. The maximum absolute atomic E-state index is 12.9. The molecule has 98 valence electrons. The van der Waals surface area contributed by atoms with Gasteiger partial charge in [-0.15, -0.1) is 0 Å². The number of carbonyl (C=O) groups is 1. The summed E-state index contributed by atoms with van der Waals surface area (Å²) in [6.45, 7) is 0. The van der Waals surface area contributed by atoms with Crippen molar-refractivity contribution < 1.29 is 22.7 Å². The van der Waals surface area contributed by atoms with Crippen molar-refractivity contribution in [2.45, 2.75) is 0 Å². The molecule has 2 aromatic carbocycles. The fraction of sp³-hybridized carbons (Fsp3) is 0.